The van der Waals surface area contributed by atoms with Gasteiger partial charge in [-0.05, 0) is 68.9 Å². The van der Waals surface area contributed by atoms with E-state index in [4.69, 9.17) is 47.1 Å². The Kier molecular flexibility index (Phi) is 15.5. The Morgan fingerprint density at radius 2 is 1.57 bits per heavy atom. The first-order chi connectivity index (χ1) is 25.6. The quantitative estimate of drug-likeness (QED) is 0.0627. The van der Waals surface area contributed by atoms with Crippen molar-refractivity contribution in [1.82, 2.24) is 0 Å². The number of allylic oxidation sites excluding steroid dienone is 1. The van der Waals surface area contributed by atoms with Crippen LogP contribution in [0.15, 0.2) is 48.6 Å². The normalized spacial score (nSPS) is 34.3. The van der Waals surface area contributed by atoms with Crippen molar-refractivity contribution >= 4 is 8.32 Å². The molecule has 4 saturated heterocycles. The van der Waals surface area contributed by atoms with Gasteiger partial charge >= 0.3 is 0 Å². The molecule has 11 atom stereocenters. The molecule has 4 aliphatic heterocycles. The predicted molar refractivity (Wildman–Crippen MR) is 212 cm³/mol. The minimum Gasteiger partial charge on any atom is -0.497 e. The number of rotatable bonds is 18. The molecule has 0 spiro atoms. The van der Waals surface area contributed by atoms with E-state index in [0.29, 0.717) is 19.6 Å². The molecular formula is C43H70O10Si. The molecule has 4 aliphatic rings. The van der Waals surface area contributed by atoms with E-state index in [1.807, 2.05) is 38.1 Å². The third-order valence-electron chi connectivity index (χ3n) is 12.1. The number of unbranched alkanes of at least 4 members (excludes halogenated alkanes) is 1. The maximum absolute atomic E-state index is 6.90. The third-order valence-corrected chi connectivity index (χ3v) is 16.6. The van der Waals surface area contributed by atoms with E-state index in [9.17, 15) is 0 Å². The van der Waals surface area contributed by atoms with Crippen LogP contribution in [0.2, 0.25) is 18.1 Å². The SMILES string of the molecule is COCO[C@H]1C[C@H]([C@H]2OC(C)(C)O[C@H]2/C=C/CCCO[Si](C)(C)C(C)(C)C)O[C@H](C/C=C/[C@@H]2O[C@@H]3C[C@@H](O[C@@H]3COCc3ccc(OC)cc3)[C@H]2C)[C@@H]1C. The maximum atomic E-state index is 6.90. The van der Waals surface area contributed by atoms with Gasteiger partial charge in [-0.15, -0.1) is 0 Å². The fraction of sp³-hybridized carbons (Fsp3) is 0.767. The molecule has 4 fully saturated rings. The largest absolute Gasteiger partial charge is 0.497 e. The van der Waals surface area contributed by atoms with Crippen LogP contribution in [0.3, 0.4) is 0 Å². The smallest absolute Gasteiger partial charge is 0.191 e. The second-order valence-corrected chi connectivity index (χ2v) is 22.4. The molecule has 0 amide bonds. The molecule has 11 heteroatoms. The van der Waals surface area contributed by atoms with E-state index in [1.165, 1.54) is 0 Å². The zero-order chi connectivity index (χ0) is 39.1. The van der Waals surface area contributed by atoms with Crippen LogP contribution in [-0.2, 0) is 48.9 Å². The first-order valence-electron chi connectivity index (χ1n) is 20.2. The van der Waals surface area contributed by atoms with Gasteiger partial charge in [0.2, 0.25) is 0 Å². The lowest BCUT2D eigenvalue weighted by atomic mass is 9.85. The Balaban J connectivity index is 1.16. The summed E-state index contributed by atoms with van der Waals surface area (Å²) in [7, 11) is 1.59. The average Bonchev–Trinajstić information content (AvgIpc) is 3.63. The van der Waals surface area contributed by atoms with Crippen LogP contribution in [0, 0.1) is 11.8 Å². The molecule has 0 saturated carbocycles. The molecule has 10 nitrogen and oxygen atoms in total. The molecule has 0 N–H and O–H groups in total. The zero-order valence-electron chi connectivity index (χ0n) is 34.9. The molecule has 5 rings (SSSR count). The molecular weight excluding hydrogens is 705 g/mol. The minimum absolute atomic E-state index is 0.00958. The molecule has 0 aliphatic carbocycles. The summed E-state index contributed by atoms with van der Waals surface area (Å²) >= 11 is 0. The molecule has 54 heavy (non-hydrogen) atoms. The lowest BCUT2D eigenvalue weighted by molar-refractivity contribution is -0.210. The van der Waals surface area contributed by atoms with Crippen LogP contribution < -0.4 is 4.74 Å². The monoisotopic (exact) mass is 774 g/mol. The van der Waals surface area contributed by atoms with E-state index < -0.39 is 14.1 Å². The molecule has 306 valence electrons. The van der Waals surface area contributed by atoms with Gasteiger partial charge in [0.15, 0.2) is 14.1 Å². The van der Waals surface area contributed by atoms with E-state index >= 15 is 0 Å². The Bertz CT molecular complexity index is 1340. The highest BCUT2D eigenvalue weighted by atomic mass is 28.4. The molecule has 0 unspecified atom stereocenters. The van der Waals surface area contributed by atoms with Gasteiger partial charge in [0.25, 0.3) is 0 Å². The van der Waals surface area contributed by atoms with Crippen LogP contribution in [0.1, 0.15) is 86.1 Å². The molecule has 1 aromatic rings. The summed E-state index contributed by atoms with van der Waals surface area (Å²) in [5, 5.41) is 0.211. The Labute approximate surface area is 326 Å². The van der Waals surface area contributed by atoms with Gasteiger partial charge in [0.05, 0.1) is 56.9 Å². The van der Waals surface area contributed by atoms with E-state index in [0.717, 1.165) is 43.6 Å². The van der Waals surface area contributed by atoms with Gasteiger partial charge in [-0.1, -0.05) is 71.1 Å². The Hall–Kier alpha value is -1.64. The van der Waals surface area contributed by atoms with Gasteiger partial charge in [-0.3, -0.25) is 0 Å². The summed E-state index contributed by atoms with van der Waals surface area (Å²) in [5.41, 5.74) is 1.10. The van der Waals surface area contributed by atoms with Crippen LogP contribution >= 0.6 is 0 Å². The van der Waals surface area contributed by atoms with E-state index in [2.05, 4.69) is 72.0 Å². The second-order valence-electron chi connectivity index (χ2n) is 17.6. The third kappa shape index (κ3) is 11.5. The van der Waals surface area contributed by atoms with Crippen molar-refractivity contribution in [3.63, 3.8) is 0 Å². The Morgan fingerprint density at radius 1 is 0.852 bits per heavy atom. The Morgan fingerprint density at radius 3 is 2.28 bits per heavy atom. The highest BCUT2D eigenvalue weighted by Crippen LogP contribution is 2.41. The highest BCUT2D eigenvalue weighted by Gasteiger charge is 2.49. The van der Waals surface area contributed by atoms with Gasteiger partial charge < -0.3 is 47.1 Å². The van der Waals surface area contributed by atoms with Crippen molar-refractivity contribution in [3.8, 4) is 5.75 Å². The summed E-state index contributed by atoms with van der Waals surface area (Å²) in [4.78, 5) is 0. The predicted octanol–water partition coefficient (Wildman–Crippen LogP) is 8.38. The standard InChI is InChI=1S/C43H70O10Si/c1-29-33(17-15-18-34-30(2)37-25-38(49-34)40(51-37)27-46-26-31-19-21-32(45-9)22-20-31)50-39(24-36(29)47-28-44-8)41-35(52-43(6,7)53-41)16-13-12-14-23-48-54(10,11)42(3,4)5/h13,15-16,18-22,29-30,33-41H,12,14,17,23-28H2,1-11H3/b16-13+,18-15+/t29-,30-,33+,34-,35-,36-,37+,38+,39+,40+,41-/m0/s1. The van der Waals surface area contributed by atoms with Gasteiger partial charge in [0.1, 0.15) is 30.9 Å². The second kappa shape index (κ2) is 19.2. The fourth-order valence-corrected chi connectivity index (χ4v) is 8.76. The number of fused-ring (bicyclic) bond motifs is 2. The van der Waals surface area contributed by atoms with E-state index in [1.54, 1.807) is 14.2 Å². The van der Waals surface area contributed by atoms with Crippen molar-refractivity contribution in [1.29, 1.82) is 0 Å². The number of methoxy groups -OCH3 is 2. The number of hydrogen-bond acceptors (Lipinski definition) is 10. The van der Waals surface area contributed by atoms with Crippen LogP contribution in [-0.4, -0.2) is 103 Å². The summed E-state index contributed by atoms with van der Waals surface area (Å²) in [6.07, 6.45) is 12.2. The lowest BCUT2D eigenvalue weighted by Gasteiger charge is -2.42. The van der Waals surface area contributed by atoms with Crippen molar-refractivity contribution < 1.29 is 47.1 Å². The maximum Gasteiger partial charge on any atom is 0.191 e. The average molecular weight is 775 g/mol. The van der Waals surface area contributed by atoms with Crippen molar-refractivity contribution in [3.05, 3.63) is 54.1 Å². The number of benzene rings is 1. The molecule has 4 heterocycles. The van der Waals surface area contributed by atoms with Crippen molar-refractivity contribution in [2.45, 2.75) is 166 Å². The van der Waals surface area contributed by atoms with Crippen LogP contribution in [0.5, 0.6) is 5.75 Å². The van der Waals surface area contributed by atoms with Crippen LogP contribution in [0.25, 0.3) is 0 Å². The zero-order valence-corrected chi connectivity index (χ0v) is 35.9. The number of ether oxygens (including phenoxy) is 9. The summed E-state index contributed by atoms with van der Waals surface area (Å²) in [5.74, 6) is 0.508. The van der Waals surface area contributed by atoms with Crippen LogP contribution in [0.4, 0.5) is 0 Å². The summed E-state index contributed by atoms with van der Waals surface area (Å²) in [6.45, 7) is 21.9. The topological polar surface area (TPSA) is 92.3 Å². The molecule has 0 radical (unpaired) electrons. The lowest BCUT2D eigenvalue weighted by Crippen LogP contribution is -2.50. The fourth-order valence-electron chi connectivity index (χ4n) is 7.67. The molecule has 1 aromatic carbocycles. The van der Waals surface area contributed by atoms with Gasteiger partial charge in [-0.25, -0.2) is 0 Å². The van der Waals surface area contributed by atoms with Gasteiger partial charge in [0, 0.05) is 38.4 Å². The number of hydrogen-bond donors (Lipinski definition) is 0. The van der Waals surface area contributed by atoms with E-state index in [-0.39, 0.29) is 78.6 Å². The summed E-state index contributed by atoms with van der Waals surface area (Å²) in [6, 6.07) is 7.95. The van der Waals surface area contributed by atoms with Gasteiger partial charge in [-0.2, -0.15) is 0 Å². The molecule has 0 aromatic heterocycles. The van der Waals surface area contributed by atoms with Crippen molar-refractivity contribution in [2.24, 2.45) is 11.8 Å². The highest BCUT2D eigenvalue weighted by molar-refractivity contribution is 6.74. The first-order valence-corrected chi connectivity index (χ1v) is 23.1. The van der Waals surface area contributed by atoms with Crippen molar-refractivity contribution in [2.75, 3.05) is 34.2 Å². The summed E-state index contributed by atoms with van der Waals surface area (Å²) < 4.78 is 62.2. The minimum atomic E-state index is -1.75. The first kappa shape index (κ1) is 43.5. The molecule has 2 bridgehead atoms.